The van der Waals surface area contributed by atoms with E-state index in [1.54, 1.807) is 17.1 Å². The molecule has 0 bridgehead atoms. The second-order valence-corrected chi connectivity index (χ2v) is 8.61. The zero-order valence-electron chi connectivity index (χ0n) is 18.1. The minimum Gasteiger partial charge on any atom is -0.493 e. The van der Waals surface area contributed by atoms with Crippen molar-refractivity contribution in [3.8, 4) is 11.5 Å². The third-order valence-electron chi connectivity index (χ3n) is 4.65. The van der Waals surface area contributed by atoms with Gasteiger partial charge in [0.25, 0.3) is 11.4 Å². The van der Waals surface area contributed by atoms with Gasteiger partial charge in [-0.1, -0.05) is 23.7 Å². The van der Waals surface area contributed by atoms with Gasteiger partial charge < -0.3 is 24.2 Å². The van der Waals surface area contributed by atoms with Gasteiger partial charge in [-0.2, -0.15) is 0 Å². The second kappa shape index (κ2) is 8.27. The van der Waals surface area contributed by atoms with Crippen molar-refractivity contribution in [2.45, 2.75) is 30.9 Å². The number of H-pyrrole nitrogens is 1. The number of benzene rings is 1. The van der Waals surface area contributed by atoms with Crippen LogP contribution in [0.4, 0.5) is 4.39 Å². The molecule has 0 saturated carbocycles. The molecule has 1 aromatic carbocycles. The summed E-state index contributed by atoms with van der Waals surface area (Å²) in [5.41, 5.74) is -1.81. The predicted octanol–water partition coefficient (Wildman–Crippen LogP) is 0.849. The molecule has 2 aliphatic heterocycles. The number of hydrogen-bond acceptors (Lipinski definition) is 10. The highest BCUT2D eigenvalue weighted by molar-refractivity contribution is 7.49. The summed E-state index contributed by atoms with van der Waals surface area (Å²) in [6.45, 7) is -4.15. The summed E-state index contributed by atoms with van der Waals surface area (Å²) in [5, 5.41) is 20.0. The van der Waals surface area contributed by atoms with E-state index < -0.39 is 54.9 Å². The van der Waals surface area contributed by atoms with Crippen LogP contribution in [0, 0.1) is 0 Å². The van der Waals surface area contributed by atoms with Crippen molar-refractivity contribution < 1.29 is 45.0 Å². The maximum Gasteiger partial charge on any atom is 0.530 e. The third kappa shape index (κ3) is 3.97. The highest BCUT2D eigenvalue weighted by Crippen LogP contribution is 2.57. The summed E-state index contributed by atoms with van der Waals surface area (Å²) in [6, 6.07) is 4.59. The third-order valence-corrected chi connectivity index (χ3v) is 6.08. The number of nitrogens with zero attached hydrogens (tertiary/aromatic N) is 1. The van der Waals surface area contributed by atoms with E-state index in [9.17, 15) is 24.4 Å². The van der Waals surface area contributed by atoms with Crippen molar-refractivity contribution in [1.29, 1.82) is 0 Å². The first-order chi connectivity index (χ1) is 15.8. The van der Waals surface area contributed by atoms with Crippen LogP contribution >= 0.6 is 19.4 Å². The van der Waals surface area contributed by atoms with Crippen molar-refractivity contribution in [3.63, 3.8) is 0 Å². The fraction of sp³-hybridized carbons (Fsp3) is 0.412. The van der Waals surface area contributed by atoms with E-state index in [4.69, 9.17) is 37.4 Å². The quantitative estimate of drug-likeness (QED) is 0.506. The number of aromatic amines is 1. The second-order valence-electron chi connectivity index (χ2n) is 6.69. The number of nitrogens with one attached hydrogen (secondary N) is 1. The van der Waals surface area contributed by atoms with Gasteiger partial charge in [-0.3, -0.25) is 23.4 Å². The number of fused-ring (bicyclic) bond motifs is 1. The molecule has 1 fully saturated rings. The van der Waals surface area contributed by atoms with E-state index in [0.29, 0.717) is 16.3 Å². The number of hydrogen-bond donors (Lipinski definition) is 3. The fourth-order valence-electron chi connectivity index (χ4n) is 3.04. The normalized spacial score (nSPS) is 33.1. The van der Waals surface area contributed by atoms with E-state index in [1.165, 1.54) is 13.2 Å². The lowest BCUT2D eigenvalue weighted by molar-refractivity contribution is -0.205. The van der Waals surface area contributed by atoms with Crippen LogP contribution < -0.4 is 20.5 Å². The molecular formula is C17H17ClFN2O10P. The number of ether oxygens (including phenoxy) is 2. The first-order valence-electron chi connectivity index (χ1n) is 9.86. The van der Waals surface area contributed by atoms with Crippen molar-refractivity contribution in [1.82, 2.24) is 9.55 Å². The lowest BCUT2D eigenvalue weighted by Crippen LogP contribution is -2.43. The molecule has 32 heavy (non-hydrogen) atoms. The molecule has 1 aromatic heterocycles. The molecule has 15 heteroatoms. The SMILES string of the molecule is [2H]C([2H])(OP1(=O)OCc2cccc(OC)c2O1)[C@@]1(F)O[C@@H](n2cc(Cl)c(=O)[nH]c2=O)[C@H](O)[C@@H]1O. The monoisotopic (exact) mass is 496 g/mol. The number of rotatable bonds is 5. The first-order valence-corrected chi connectivity index (χ1v) is 10.7. The van der Waals surface area contributed by atoms with E-state index >= 15 is 4.39 Å². The van der Waals surface area contributed by atoms with E-state index in [0.717, 1.165) is 0 Å². The Morgan fingerprint density at radius 2 is 2.22 bits per heavy atom. The average molecular weight is 497 g/mol. The van der Waals surface area contributed by atoms with Crippen LogP contribution in [0.25, 0.3) is 0 Å². The largest absolute Gasteiger partial charge is 0.530 e. The van der Waals surface area contributed by atoms with Crippen molar-refractivity contribution >= 4 is 19.4 Å². The van der Waals surface area contributed by atoms with Gasteiger partial charge in [0.15, 0.2) is 17.7 Å². The molecule has 3 heterocycles. The molecule has 0 aliphatic carbocycles. The summed E-state index contributed by atoms with van der Waals surface area (Å²) in [7, 11) is -3.57. The minimum atomic E-state index is -4.87. The van der Waals surface area contributed by atoms with Gasteiger partial charge >= 0.3 is 13.5 Å². The number of alkyl halides is 1. The summed E-state index contributed by atoms with van der Waals surface area (Å²) >= 11 is 5.65. The van der Waals surface area contributed by atoms with Crippen LogP contribution in [0.15, 0.2) is 34.0 Å². The number of aromatic nitrogens is 2. The van der Waals surface area contributed by atoms with Crippen LogP contribution in [-0.4, -0.2) is 51.5 Å². The predicted molar refractivity (Wildman–Crippen MR) is 104 cm³/mol. The van der Waals surface area contributed by atoms with Crippen LogP contribution in [0.1, 0.15) is 14.5 Å². The first kappa shape index (κ1) is 20.4. The summed E-state index contributed by atoms with van der Waals surface area (Å²) in [4.78, 5) is 25.3. The van der Waals surface area contributed by atoms with E-state index in [-0.39, 0.29) is 18.1 Å². The number of phosphoric ester groups is 1. The topological polar surface area (TPSA) is 159 Å². The summed E-state index contributed by atoms with van der Waals surface area (Å²) < 4.78 is 70.0. The summed E-state index contributed by atoms with van der Waals surface area (Å²) in [5.74, 6) is -3.88. The van der Waals surface area contributed by atoms with Crippen LogP contribution in [0.3, 0.4) is 0 Å². The molecule has 2 aromatic rings. The Kier molecular flexibility index (Phi) is 5.26. The molecule has 3 N–H and O–H groups in total. The maximum atomic E-state index is 15.7. The number of aliphatic hydroxyl groups excluding tert-OH is 2. The minimum absolute atomic E-state index is 0.0940. The van der Waals surface area contributed by atoms with Gasteiger partial charge in [0.2, 0.25) is 0 Å². The molecule has 174 valence electrons. The fourth-order valence-corrected chi connectivity index (χ4v) is 4.29. The van der Waals surface area contributed by atoms with Gasteiger partial charge in [-0.15, -0.1) is 0 Å². The number of halogens is 2. The van der Waals surface area contributed by atoms with Crippen LogP contribution in [0.2, 0.25) is 5.02 Å². The lowest BCUT2D eigenvalue weighted by Gasteiger charge is -2.28. The van der Waals surface area contributed by atoms with E-state index in [2.05, 4.69) is 0 Å². The highest BCUT2D eigenvalue weighted by Gasteiger charge is 2.57. The van der Waals surface area contributed by atoms with Crippen molar-refractivity contribution in [2.75, 3.05) is 13.7 Å². The Bertz CT molecular complexity index is 1280. The maximum absolute atomic E-state index is 15.7. The van der Waals surface area contributed by atoms with Gasteiger partial charge in [-0.25, -0.2) is 13.8 Å². The van der Waals surface area contributed by atoms with Crippen LogP contribution in [-0.2, 0) is 25.0 Å². The number of para-hydroxylation sites is 1. The molecule has 1 saturated heterocycles. The Hall–Kier alpha value is -2.25. The van der Waals surface area contributed by atoms with Crippen LogP contribution in [0.5, 0.6) is 11.5 Å². The number of aliphatic hydroxyl groups is 2. The van der Waals surface area contributed by atoms with Gasteiger partial charge in [0.05, 0.1) is 16.5 Å². The van der Waals surface area contributed by atoms with Crippen molar-refractivity contribution in [2.24, 2.45) is 0 Å². The Morgan fingerprint density at radius 1 is 1.47 bits per heavy atom. The Labute approximate surface area is 186 Å². The molecular weight excluding hydrogens is 478 g/mol. The zero-order valence-corrected chi connectivity index (χ0v) is 17.7. The number of phosphoric acid groups is 1. The van der Waals surface area contributed by atoms with E-state index in [1.807, 2.05) is 0 Å². The van der Waals surface area contributed by atoms with Gasteiger partial charge in [-0.05, 0) is 6.07 Å². The molecule has 12 nitrogen and oxygen atoms in total. The standard InChI is InChI=1S/C17H17ClFN2O10P/c1-27-10-4-2-3-8-6-28-32(26,31-12(8)10)29-7-17(19)13(23)11(22)15(30-17)21-5-9(18)14(24)20-16(21)25/h2-5,11,13,15,22-23H,6-7H2,1H3,(H,20,24,25)/t11-,13+,15-,17-,32?/m1/s1/i7D2. The average Bonchev–Trinajstić information content (AvgIpc) is 3.00. The summed E-state index contributed by atoms with van der Waals surface area (Å²) in [6.07, 6.45) is -6.28. The number of methoxy groups -OCH3 is 1. The van der Waals surface area contributed by atoms with Gasteiger partial charge in [0, 0.05) is 11.8 Å². The molecule has 4 rings (SSSR count). The molecule has 2 aliphatic rings. The van der Waals surface area contributed by atoms with Crippen molar-refractivity contribution in [3.05, 3.63) is 55.8 Å². The lowest BCUT2D eigenvalue weighted by atomic mass is 10.1. The highest BCUT2D eigenvalue weighted by atomic mass is 35.5. The molecule has 0 spiro atoms. The zero-order chi connectivity index (χ0) is 25.1. The molecule has 0 radical (unpaired) electrons. The smallest absolute Gasteiger partial charge is 0.493 e. The Balaban J connectivity index is 1.64. The molecule has 0 amide bonds. The Morgan fingerprint density at radius 3 is 2.94 bits per heavy atom. The molecule has 5 atom stereocenters. The van der Waals surface area contributed by atoms with Gasteiger partial charge in [0.1, 0.15) is 23.8 Å². The molecule has 1 unspecified atom stereocenters.